The van der Waals surface area contributed by atoms with Crippen LogP contribution in [0, 0.1) is 13.8 Å². The maximum atomic E-state index is 12.6. The van der Waals surface area contributed by atoms with Crippen LogP contribution >= 0.6 is 11.3 Å². The number of nitrogens with zero attached hydrogens (tertiary/aromatic N) is 1. The summed E-state index contributed by atoms with van der Waals surface area (Å²) in [7, 11) is 1.46. The molecule has 2 aromatic heterocycles. The average Bonchev–Trinajstić information content (AvgIpc) is 3.22. The van der Waals surface area contributed by atoms with Gasteiger partial charge in [0.25, 0.3) is 5.91 Å². The minimum absolute atomic E-state index is 0.0132. The number of nitrogens with one attached hydrogen (secondary N) is 2. The van der Waals surface area contributed by atoms with Gasteiger partial charge in [0.2, 0.25) is 5.91 Å². The highest BCUT2D eigenvalue weighted by molar-refractivity contribution is 7.17. The summed E-state index contributed by atoms with van der Waals surface area (Å²) in [4.78, 5) is 29.0. The van der Waals surface area contributed by atoms with Crippen molar-refractivity contribution >= 4 is 34.5 Å². The van der Waals surface area contributed by atoms with Crippen LogP contribution in [0.15, 0.2) is 40.8 Å². The summed E-state index contributed by atoms with van der Waals surface area (Å²) in [6, 6.07) is 10.5. The number of carbonyl (C=O) groups is 2. The number of thiazole rings is 1. The Hall–Kier alpha value is -2.97. The van der Waals surface area contributed by atoms with E-state index in [9.17, 15) is 9.59 Å². The Bertz CT molecular complexity index is 960. The number of aromatic nitrogens is 1. The molecule has 0 fully saturated rings. The van der Waals surface area contributed by atoms with Gasteiger partial charge in [-0.25, -0.2) is 4.98 Å². The number of anilines is 2. The summed E-state index contributed by atoms with van der Waals surface area (Å²) < 4.78 is 10.3. The summed E-state index contributed by atoms with van der Waals surface area (Å²) in [5.74, 6) is 0.961. The quantitative estimate of drug-likeness (QED) is 0.672. The fourth-order valence-electron chi connectivity index (χ4n) is 2.41. The third-order valence-corrected chi connectivity index (χ3v) is 4.83. The largest absolute Gasteiger partial charge is 0.459 e. The van der Waals surface area contributed by atoms with Gasteiger partial charge in [-0.1, -0.05) is 0 Å². The molecule has 0 bridgehead atoms. The monoisotopic (exact) mass is 385 g/mol. The van der Waals surface area contributed by atoms with Crippen LogP contribution in [-0.2, 0) is 9.53 Å². The van der Waals surface area contributed by atoms with E-state index in [0.717, 1.165) is 5.76 Å². The van der Waals surface area contributed by atoms with Crippen molar-refractivity contribution in [1.29, 1.82) is 0 Å². The molecule has 140 valence electrons. The smallest absolute Gasteiger partial charge is 0.267 e. The molecule has 3 rings (SSSR count). The highest BCUT2D eigenvalue weighted by Gasteiger charge is 2.18. The second-order valence-electron chi connectivity index (χ2n) is 5.86. The van der Waals surface area contributed by atoms with E-state index in [-0.39, 0.29) is 18.4 Å². The van der Waals surface area contributed by atoms with E-state index >= 15 is 0 Å². The Labute approximate surface area is 160 Å². The molecule has 0 aliphatic rings. The van der Waals surface area contributed by atoms with Gasteiger partial charge in [0.05, 0.1) is 5.69 Å². The Morgan fingerprint density at radius 2 is 1.74 bits per heavy atom. The van der Waals surface area contributed by atoms with Crippen LogP contribution in [0.1, 0.15) is 21.1 Å². The van der Waals surface area contributed by atoms with Crippen molar-refractivity contribution in [3.63, 3.8) is 0 Å². The number of furan rings is 1. The number of rotatable bonds is 6. The predicted molar refractivity (Wildman–Crippen MR) is 104 cm³/mol. The number of amides is 2. The van der Waals surface area contributed by atoms with Gasteiger partial charge in [0.1, 0.15) is 17.2 Å². The fourth-order valence-corrected chi connectivity index (χ4v) is 3.34. The minimum atomic E-state index is -0.240. The third-order valence-electron chi connectivity index (χ3n) is 3.66. The summed E-state index contributed by atoms with van der Waals surface area (Å²) in [6.07, 6.45) is 0. The van der Waals surface area contributed by atoms with E-state index in [1.54, 1.807) is 31.2 Å². The molecule has 2 amide bonds. The molecule has 0 spiro atoms. The second kappa shape index (κ2) is 8.15. The Balaban J connectivity index is 1.68. The normalized spacial score (nSPS) is 10.6. The van der Waals surface area contributed by atoms with Gasteiger partial charge in [-0.3, -0.25) is 9.59 Å². The molecule has 0 unspecified atom stereocenters. The van der Waals surface area contributed by atoms with E-state index < -0.39 is 0 Å². The van der Waals surface area contributed by atoms with Gasteiger partial charge < -0.3 is 19.8 Å². The average molecular weight is 385 g/mol. The maximum absolute atomic E-state index is 12.6. The standard InChI is InChI=1S/C19H19N3O4S/c1-11-4-9-15(26-11)19-20-12(2)17(27-19)18(24)22-14-7-5-13(6-8-14)21-16(23)10-25-3/h4-9H,10H2,1-3H3,(H,21,23)(H,22,24). The molecule has 2 heterocycles. The summed E-state index contributed by atoms with van der Waals surface area (Å²) in [6.45, 7) is 3.64. The molecule has 8 heteroatoms. The molecule has 0 saturated heterocycles. The molecular weight excluding hydrogens is 366 g/mol. The zero-order valence-corrected chi connectivity index (χ0v) is 16.0. The van der Waals surface area contributed by atoms with Crippen LogP contribution in [0.5, 0.6) is 0 Å². The minimum Gasteiger partial charge on any atom is -0.459 e. The van der Waals surface area contributed by atoms with Gasteiger partial charge in [-0.05, 0) is 50.2 Å². The lowest BCUT2D eigenvalue weighted by molar-refractivity contribution is -0.119. The van der Waals surface area contributed by atoms with Crippen LogP contribution in [0.3, 0.4) is 0 Å². The molecule has 0 aliphatic heterocycles. The number of aryl methyl sites for hydroxylation is 2. The molecule has 0 radical (unpaired) electrons. The van der Waals surface area contributed by atoms with E-state index in [2.05, 4.69) is 15.6 Å². The highest BCUT2D eigenvalue weighted by atomic mass is 32.1. The molecular formula is C19H19N3O4S. The Kier molecular flexibility index (Phi) is 5.68. The zero-order chi connectivity index (χ0) is 19.4. The first-order chi connectivity index (χ1) is 13.0. The topological polar surface area (TPSA) is 93.5 Å². The van der Waals surface area contributed by atoms with Crippen molar-refractivity contribution in [3.8, 4) is 10.8 Å². The molecule has 0 aliphatic carbocycles. The van der Waals surface area contributed by atoms with Gasteiger partial charge in [-0.15, -0.1) is 11.3 Å². The fraction of sp³-hybridized carbons (Fsp3) is 0.211. The lowest BCUT2D eigenvalue weighted by atomic mass is 10.2. The van der Waals surface area contributed by atoms with Crippen LogP contribution in [-0.4, -0.2) is 30.5 Å². The molecule has 0 saturated carbocycles. The van der Waals surface area contributed by atoms with Crippen molar-refractivity contribution in [2.75, 3.05) is 24.4 Å². The lowest BCUT2D eigenvalue weighted by Gasteiger charge is -2.07. The number of carbonyl (C=O) groups excluding carboxylic acids is 2. The van der Waals surface area contributed by atoms with Crippen LogP contribution in [0.4, 0.5) is 11.4 Å². The SMILES string of the molecule is COCC(=O)Nc1ccc(NC(=O)c2sc(-c3ccc(C)o3)nc2C)cc1. The number of hydrogen-bond acceptors (Lipinski definition) is 6. The van der Waals surface area contributed by atoms with Crippen LogP contribution in [0.2, 0.25) is 0 Å². The first-order valence-electron chi connectivity index (χ1n) is 8.20. The van der Waals surface area contributed by atoms with Crippen molar-refractivity contribution in [2.45, 2.75) is 13.8 Å². The van der Waals surface area contributed by atoms with Crippen molar-refractivity contribution < 1.29 is 18.7 Å². The van der Waals surface area contributed by atoms with Crippen molar-refractivity contribution in [1.82, 2.24) is 4.98 Å². The highest BCUT2D eigenvalue weighted by Crippen LogP contribution is 2.29. The van der Waals surface area contributed by atoms with Crippen LogP contribution in [0.25, 0.3) is 10.8 Å². The second-order valence-corrected chi connectivity index (χ2v) is 6.86. The third kappa shape index (κ3) is 4.60. The molecule has 27 heavy (non-hydrogen) atoms. The first kappa shape index (κ1) is 18.8. The van der Waals surface area contributed by atoms with E-state index in [1.807, 2.05) is 19.1 Å². The molecule has 7 nitrogen and oxygen atoms in total. The molecule has 3 aromatic rings. The zero-order valence-electron chi connectivity index (χ0n) is 15.2. The van der Waals surface area contributed by atoms with Gasteiger partial charge in [-0.2, -0.15) is 0 Å². The van der Waals surface area contributed by atoms with Crippen molar-refractivity contribution in [2.24, 2.45) is 0 Å². The van der Waals surface area contributed by atoms with Crippen LogP contribution < -0.4 is 10.6 Å². The lowest BCUT2D eigenvalue weighted by Crippen LogP contribution is -2.17. The number of methoxy groups -OCH3 is 1. The summed E-state index contributed by atoms with van der Waals surface area (Å²) in [5, 5.41) is 6.20. The maximum Gasteiger partial charge on any atom is 0.267 e. The molecule has 1 aromatic carbocycles. The molecule has 0 atom stereocenters. The Morgan fingerprint density at radius 1 is 1.07 bits per heavy atom. The predicted octanol–water partition coefficient (Wildman–Crippen LogP) is 3.86. The van der Waals surface area contributed by atoms with Crippen molar-refractivity contribution in [3.05, 3.63) is 52.7 Å². The summed E-state index contributed by atoms with van der Waals surface area (Å²) in [5.41, 5.74) is 1.89. The Morgan fingerprint density at radius 3 is 2.33 bits per heavy atom. The first-order valence-corrected chi connectivity index (χ1v) is 9.02. The van der Waals surface area contributed by atoms with Gasteiger partial charge in [0, 0.05) is 18.5 Å². The molecule has 2 N–H and O–H groups in total. The van der Waals surface area contributed by atoms with Gasteiger partial charge >= 0.3 is 0 Å². The number of hydrogen-bond donors (Lipinski definition) is 2. The van der Waals surface area contributed by atoms with E-state index in [4.69, 9.17) is 9.15 Å². The van der Waals surface area contributed by atoms with Gasteiger partial charge in [0.15, 0.2) is 10.8 Å². The summed E-state index contributed by atoms with van der Waals surface area (Å²) >= 11 is 1.28. The van der Waals surface area contributed by atoms with E-state index in [0.29, 0.717) is 32.7 Å². The van der Waals surface area contributed by atoms with E-state index in [1.165, 1.54) is 18.4 Å². The number of ether oxygens (including phenoxy) is 1. The number of benzene rings is 1.